The van der Waals surface area contributed by atoms with Crippen LogP contribution in [0.4, 0.5) is 5.69 Å². The molecular formula is C15H14N6O2. The van der Waals surface area contributed by atoms with E-state index in [0.29, 0.717) is 17.8 Å². The Labute approximate surface area is 131 Å². The van der Waals surface area contributed by atoms with E-state index in [1.807, 2.05) is 24.3 Å². The third-order valence-corrected chi connectivity index (χ3v) is 3.15. The molecule has 1 aromatic carbocycles. The Morgan fingerprint density at radius 3 is 2.83 bits per heavy atom. The smallest absolute Gasteiger partial charge is 0.215 e. The van der Waals surface area contributed by atoms with Crippen LogP contribution in [0.15, 0.2) is 49.1 Å². The molecule has 0 aliphatic heterocycles. The van der Waals surface area contributed by atoms with Crippen LogP contribution in [0.2, 0.25) is 0 Å². The summed E-state index contributed by atoms with van der Waals surface area (Å²) in [4.78, 5) is 15.9. The van der Waals surface area contributed by atoms with E-state index in [1.54, 1.807) is 10.9 Å². The number of carbonyl (C=O) groups is 1. The Balaban J connectivity index is 1.72. The summed E-state index contributed by atoms with van der Waals surface area (Å²) in [5.74, 6) is -0.619. The minimum Gasteiger partial charge on any atom is -0.504 e. The van der Waals surface area contributed by atoms with Crippen molar-refractivity contribution in [3.63, 3.8) is 0 Å². The highest BCUT2D eigenvalue weighted by atomic mass is 16.3. The maximum absolute atomic E-state index is 12.1. The quantitative estimate of drug-likeness (QED) is 0.283. The van der Waals surface area contributed by atoms with Crippen LogP contribution in [0.1, 0.15) is 21.7 Å². The monoisotopic (exact) mass is 310 g/mol. The van der Waals surface area contributed by atoms with E-state index in [-0.39, 0.29) is 17.4 Å². The molecule has 0 bridgehead atoms. The fourth-order valence-electron chi connectivity index (χ4n) is 1.99. The van der Waals surface area contributed by atoms with Crippen LogP contribution in [-0.2, 0) is 6.54 Å². The van der Waals surface area contributed by atoms with Crippen LogP contribution in [0.5, 0.6) is 0 Å². The molecular weight excluding hydrogens is 296 g/mol. The van der Waals surface area contributed by atoms with Crippen molar-refractivity contribution < 1.29 is 9.90 Å². The first kappa shape index (κ1) is 14.5. The number of allylic oxidation sites excluding steroid dienone is 1. The first-order valence-electron chi connectivity index (χ1n) is 6.80. The van der Waals surface area contributed by atoms with Gasteiger partial charge in [-0.15, -0.1) is 0 Å². The number of hydrogen-bond donors (Lipinski definition) is 3. The van der Waals surface area contributed by atoms with Crippen LogP contribution in [0, 0.1) is 0 Å². The number of carbonyl (C=O) groups excluding carboxylic acids is 1. The van der Waals surface area contributed by atoms with Crippen LogP contribution < -0.4 is 5.73 Å². The van der Waals surface area contributed by atoms with E-state index in [2.05, 4.69) is 20.3 Å². The summed E-state index contributed by atoms with van der Waals surface area (Å²) in [5.41, 5.74) is 7.71. The lowest BCUT2D eigenvalue weighted by molar-refractivity contribution is 0.104. The average Bonchev–Trinajstić information content (AvgIpc) is 3.21. The first-order chi connectivity index (χ1) is 11.1. The van der Waals surface area contributed by atoms with Gasteiger partial charge in [0.15, 0.2) is 11.5 Å². The van der Waals surface area contributed by atoms with Gasteiger partial charge in [-0.3, -0.25) is 14.6 Å². The number of rotatable bonds is 5. The second kappa shape index (κ2) is 6.14. The summed E-state index contributed by atoms with van der Waals surface area (Å²) in [5, 5.41) is 20.1. The number of aromatic nitrogens is 5. The largest absolute Gasteiger partial charge is 0.504 e. The van der Waals surface area contributed by atoms with Gasteiger partial charge in [0.25, 0.3) is 0 Å². The van der Waals surface area contributed by atoms with Crippen molar-refractivity contribution in [2.75, 3.05) is 5.73 Å². The molecule has 8 heteroatoms. The predicted molar refractivity (Wildman–Crippen MR) is 83.5 cm³/mol. The van der Waals surface area contributed by atoms with Crippen molar-refractivity contribution in [1.82, 2.24) is 25.0 Å². The lowest BCUT2D eigenvalue weighted by atomic mass is 10.2. The Kier molecular flexibility index (Phi) is 3.88. The molecule has 23 heavy (non-hydrogen) atoms. The van der Waals surface area contributed by atoms with Gasteiger partial charge in [0, 0.05) is 18.0 Å². The van der Waals surface area contributed by atoms with E-state index >= 15 is 0 Å². The van der Waals surface area contributed by atoms with Crippen LogP contribution in [0.3, 0.4) is 0 Å². The third-order valence-electron chi connectivity index (χ3n) is 3.15. The van der Waals surface area contributed by atoms with E-state index in [9.17, 15) is 9.90 Å². The highest BCUT2D eigenvalue weighted by Gasteiger charge is 2.10. The predicted octanol–water partition coefficient (Wildman–Crippen LogP) is 1.41. The Bertz CT molecular complexity index is 833. The number of H-pyrrole nitrogens is 1. The Morgan fingerprint density at radius 1 is 1.35 bits per heavy atom. The minimum atomic E-state index is -0.379. The number of ketones is 1. The number of aliphatic hydroxyl groups excluding tert-OH is 1. The van der Waals surface area contributed by atoms with Crippen molar-refractivity contribution in [3.8, 4) is 0 Å². The van der Waals surface area contributed by atoms with Gasteiger partial charge in [0.2, 0.25) is 5.82 Å². The average molecular weight is 310 g/mol. The molecule has 0 aliphatic carbocycles. The van der Waals surface area contributed by atoms with Gasteiger partial charge in [-0.2, -0.15) is 10.2 Å². The second-order valence-electron chi connectivity index (χ2n) is 4.88. The summed E-state index contributed by atoms with van der Waals surface area (Å²) in [6.07, 6.45) is 5.43. The molecule has 8 nitrogen and oxygen atoms in total. The normalized spacial score (nSPS) is 11.6. The molecule has 3 rings (SSSR count). The standard InChI is InChI=1S/C15H14N6O2/c16-12-3-1-10(2-4-12)7-21-8-11(6-19-21)13(22)5-14(23)15-17-9-18-20-15/h1-6,8-9,23H,7,16H2,(H,17,18,20). The van der Waals surface area contributed by atoms with Gasteiger partial charge in [0.05, 0.1) is 18.3 Å². The lowest BCUT2D eigenvalue weighted by Crippen LogP contribution is -2.00. The number of nitrogens with one attached hydrogen (secondary N) is 1. The zero-order valence-corrected chi connectivity index (χ0v) is 12.0. The van der Waals surface area contributed by atoms with Crippen molar-refractivity contribution in [1.29, 1.82) is 0 Å². The molecule has 0 aliphatic rings. The highest BCUT2D eigenvalue weighted by Crippen LogP contribution is 2.10. The number of aromatic amines is 1. The first-order valence-corrected chi connectivity index (χ1v) is 6.80. The molecule has 0 radical (unpaired) electrons. The Morgan fingerprint density at radius 2 is 2.13 bits per heavy atom. The molecule has 4 N–H and O–H groups in total. The number of nitrogen functional groups attached to an aromatic ring is 1. The van der Waals surface area contributed by atoms with Crippen LogP contribution >= 0.6 is 0 Å². The molecule has 0 spiro atoms. The van der Waals surface area contributed by atoms with Crippen LogP contribution in [0.25, 0.3) is 5.76 Å². The maximum atomic E-state index is 12.1. The molecule has 2 aromatic heterocycles. The number of aliphatic hydroxyl groups is 1. The van der Waals surface area contributed by atoms with Crippen molar-refractivity contribution in [2.24, 2.45) is 0 Å². The molecule has 2 heterocycles. The molecule has 116 valence electrons. The molecule has 0 fully saturated rings. The lowest BCUT2D eigenvalue weighted by Gasteiger charge is -2.01. The Hall–Kier alpha value is -3.42. The van der Waals surface area contributed by atoms with Gasteiger partial charge < -0.3 is 10.8 Å². The fourth-order valence-corrected chi connectivity index (χ4v) is 1.99. The van der Waals surface area contributed by atoms with Gasteiger partial charge in [0.1, 0.15) is 6.33 Å². The highest BCUT2D eigenvalue weighted by molar-refractivity contribution is 6.07. The van der Waals surface area contributed by atoms with E-state index in [1.165, 1.54) is 12.5 Å². The zero-order chi connectivity index (χ0) is 16.2. The summed E-state index contributed by atoms with van der Waals surface area (Å²) in [6.45, 7) is 0.518. The number of hydrogen-bond acceptors (Lipinski definition) is 6. The molecule has 0 atom stereocenters. The topological polar surface area (TPSA) is 123 Å². The summed E-state index contributed by atoms with van der Waals surface area (Å²) in [7, 11) is 0. The zero-order valence-electron chi connectivity index (χ0n) is 12.0. The van der Waals surface area contributed by atoms with Crippen molar-refractivity contribution in [2.45, 2.75) is 6.54 Å². The minimum absolute atomic E-state index is 0.0626. The summed E-state index contributed by atoms with van der Waals surface area (Å²) >= 11 is 0. The van der Waals surface area contributed by atoms with Crippen LogP contribution in [-0.4, -0.2) is 35.9 Å². The number of nitrogens with two attached hydrogens (primary N) is 1. The van der Waals surface area contributed by atoms with Gasteiger partial charge in [-0.05, 0) is 17.7 Å². The summed E-state index contributed by atoms with van der Waals surface area (Å²) < 4.78 is 1.64. The van der Waals surface area contributed by atoms with E-state index < -0.39 is 0 Å². The van der Waals surface area contributed by atoms with Crippen molar-refractivity contribution in [3.05, 3.63) is 66.0 Å². The van der Waals surface area contributed by atoms with Crippen molar-refractivity contribution >= 4 is 17.2 Å². The number of nitrogens with zero attached hydrogens (tertiary/aromatic N) is 4. The molecule has 3 aromatic rings. The fraction of sp³-hybridized carbons (Fsp3) is 0.0667. The SMILES string of the molecule is Nc1ccc(Cn2cc(C(=O)C=C(O)c3nc[nH]n3)cn2)cc1. The third kappa shape index (κ3) is 3.43. The van der Waals surface area contributed by atoms with Gasteiger partial charge in [-0.25, -0.2) is 4.98 Å². The molecule has 0 saturated carbocycles. The van der Waals surface area contributed by atoms with E-state index in [0.717, 1.165) is 11.6 Å². The molecule has 0 saturated heterocycles. The molecule has 0 unspecified atom stereocenters. The van der Waals surface area contributed by atoms with Gasteiger partial charge in [-0.1, -0.05) is 12.1 Å². The maximum Gasteiger partial charge on any atom is 0.215 e. The summed E-state index contributed by atoms with van der Waals surface area (Å²) in [6, 6.07) is 7.41. The second-order valence-corrected chi connectivity index (χ2v) is 4.88. The van der Waals surface area contributed by atoms with Gasteiger partial charge >= 0.3 is 0 Å². The van der Waals surface area contributed by atoms with E-state index in [4.69, 9.17) is 5.73 Å². The number of anilines is 1. The molecule has 0 amide bonds. The number of benzene rings is 1.